The third kappa shape index (κ3) is 3.66. The van der Waals surface area contributed by atoms with Crippen LogP contribution < -0.4 is 16.4 Å². The Bertz CT molecular complexity index is 375. The number of carbonyl (C=O) groups is 3. The Balaban J connectivity index is 2.62. The van der Waals surface area contributed by atoms with E-state index in [0.29, 0.717) is 12.8 Å². The number of hydrogen-bond acceptors (Lipinski definition) is 4. The predicted octanol–water partition coefficient (Wildman–Crippen LogP) is -0.648. The molecule has 0 aromatic heterocycles. The molecule has 5 N–H and O–H groups in total. The highest BCUT2D eigenvalue weighted by Gasteiger charge is 2.43. The van der Waals surface area contributed by atoms with Crippen molar-refractivity contribution < 1.29 is 19.5 Å². The van der Waals surface area contributed by atoms with Crippen LogP contribution in [0, 0.1) is 0 Å². The third-order valence-corrected chi connectivity index (χ3v) is 3.39. The maximum atomic E-state index is 11.9. The van der Waals surface area contributed by atoms with Crippen molar-refractivity contribution in [2.45, 2.75) is 57.2 Å². The lowest BCUT2D eigenvalue weighted by atomic mass is 9.97. The van der Waals surface area contributed by atoms with Gasteiger partial charge in [-0.15, -0.1) is 0 Å². The third-order valence-electron chi connectivity index (χ3n) is 3.39. The quantitative estimate of drug-likeness (QED) is 0.529. The molecular formula is C12H21N3O4. The summed E-state index contributed by atoms with van der Waals surface area (Å²) < 4.78 is 0. The van der Waals surface area contributed by atoms with Crippen molar-refractivity contribution in [3.8, 4) is 0 Å². The molecule has 1 saturated carbocycles. The van der Waals surface area contributed by atoms with Crippen molar-refractivity contribution in [2.75, 3.05) is 0 Å². The van der Waals surface area contributed by atoms with Crippen LogP contribution in [-0.2, 0) is 14.4 Å². The number of nitrogens with one attached hydrogen (secondary N) is 2. The van der Waals surface area contributed by atoms with E-state index < -0.39 is 35.4 Å². The largest absolute Gasteiger partial charge is 0.480 e. The fraction of sp³-hybridized carbons (Fsp3) is 0.750. The molecule has 1 rings (SSSR count). The first-order chi connectivity index (χ1) is 8.78. The zero-order chi connectivity index (χ0) is 14.6. The lowest BCUT2D eigenvalue weighted by Gasteiger charge is -2.27. The molecule has 0 saturated heterocycles. The smallest absolute Gasteiger partial charge is 0.329 e. The molecular weight excluding hydrogens is 250 g/mol. The molecule has 7 nitrogen and oxygen atoms in total. The monoisotopic (exact) mass is 271 g/mol. The standard InChI is InChI=1S/C12H21N3O4/c1-7(13)9(16)14-8(2)10(17)15-12(11(18)19)5-3-4-6-12/h7-8H,3-6,13H2,1-2H3,(H,14,16)(H,15,17)(H,18,19). The first-order valence-corrected chi connectivity index (χ1v) is 6.40. The topological polar surface area (TPSA) is 122 Å². The summed E-state index contributed by atoms with van der Waals surface area (Å²) in [6.07, 6.45) is 2.38. The number of carboxylic acid groups (broad SMARTS) is 1. The second kappa shape index (κ2) is 6.01. The van der Waals surface area contributed by atoms with Gasteiger partial charge in [-0.2, -0.15) is 0 Å². The minimum atomic E-state index is -1.19. The van der Waals surface area contributed by atoms with E-state index in [1.54, 1.807) is 0 Å². The summed E-state index contributed by atoms with van der Waals surface area (Å²) in [4.78, 5) is 34.6. The summed E-state index contributed by atoms with van der Waals surface area (Å²) in [5.41, 5.74) is 4.19. The fourth-order valence-corrected chi connectivity index (χ4v) is 2.13. The number of rotatable bonds is 5. The highest BCUT2D eigenvalue weighted by molar-refractivity contribution is 5.92. The highest BCUT2D eigenvalue weighted by atomic mass is 16.4. The summed E-state index contributed by atoms with van der Waals surface area (Å²) in [5, 5.41) is 14.2. The summed E-state index contributed by atoms with van der Waals surface area (Å²) in [6.45, 7) is 3.01. The average Bonchev–Trinajstić information content (AvgIpc) is 2.78. The number of amides is 2. The van der Waals surface area contributed by atoms with E-state index >= 15 is 0 Å². The summed E-state index contributed by atoms with van der Waals surface area (Å²) in [7, 11) is 0. The maximum absolute atomic E-state index is 11.9. The van der Waals surface area contributed by atoms with Crippen LogP contribution in [0.5, 0.6) is 0 Å². The van der Waals surface area contributed by atoms with Crippen LogP contribution >= 0.6 is 0 Å². The first-order valence-electron chi connectivity index (χ1n) is 6.40. The molecule has 2 unspecified atom stereocenters. The van der Waals surface area contributed by atoms with E-state index in [4.69, 9.17) is 5.73 Å². The van der Waals surface area contributed by atoms with Crippen LogP contribution in [0.4, 0.5) is 0 Å². The van der Waals surface area contributed by atoms with Gasteiger partial charge in [0.25, 0.3) is 0 Å². The van der Waals surface area contributed by atoms with Gasteiger partial charge >= 0.3 is 5.97 Å². The molecule has 1 aliphatic carbocycles. The summed E-state index contributed by atoms with van der Waals surface area (Å²) in [6, 6.07) is -1.52. The Kier molecular flexibility index (Phi) is 4.88. The van der Waals surface area contributed by atoms with Gasteiger partial charge in [-0.1, -0.05) is 12.8 Å². The fourth-order valence-electron chi connectivity index (χ4n) is 2.13. The number of hydrogen-bond donors (Lipinski definition) is 4. The van der Waals surface area contributed by atoms with Crippen molar-refractivity contribution in [3.05, 3.63) is 0 Å². The van der Waals surface area contributed by atoms with E-state index in [1.807, 2.05) is 0 Å². The molecule has 1 fully saturated rings. The normalized spacial score (nSPS) is 20.4. The second-order valence-corrected chi connectivity index (χ2v) is 5.10. The predicted molar refractivity (Wildman–Crippen MR) is 68.2 cm³/mol. The molecule has 0 spiro atoms. The van der Waals surface area contributed by atoms with Gasteiger partial charge in [0.1, 0.15) is 11.6 Å². The van der Waals surface area contributed by atoms with Gasteiger partial charge in [0.05, 0.1) is 6.04 Å². The molecule has 2 atom stereocenters. The van der Waals surface area contributed by atoms with Crippen LogP contribution in [0.25, 0.3) is 0 Å². The number of aliphatic carboxylic acids is 1. The lowest BCUT2D eigenvalue weighted by Crippen LogP contribution is -2.58. The minimum Gasteiger partial charge on any atom is -0.480 e. The van der Waals surface area contributed by atoms with Crippen LogP contribution in [0.3, 0.4) is 0 Å². The van der Waals surface area contributed by atoms with Gasteiger partial charge in [0.2, 0.25) is 11.8 Å². The minimum absolute atomic E-state index is 0.419. The van der Waals surface area contributed by atoms with Gasteiger partial charge in [-0.25, -0.2) is 4.79 Å². The first kappa shape index (κ1) is 15.4. The molecule has 0 heterocycles. The number of carboxylic acids is 1. The van der Waals surface area contributed by atoms with Gasteiger partial charge in [0, 0.05) is 0 Å². The molecule has 1 aliphatic rings. The molecule has 2 amide bonds. The highest BCUT2D eigenvalue weighted by Crippen LogP contribution is 2.29. The molecule has 0 aromatic rings. The zero-order valence-electron chi connectivity index (χ0n) is 11.2. The van der Waals surface area contributed by atoms with Crippen molar-refractivity contribution >= 4 is 17.8 Å². The van der Waals surface area contributed by atoms with Gasteiger partial charge in [0.15, 0.2) is 0 Å². The molecule has 0 bridgehead atoms. The summed E-state index contributed by atoms with van der Waals surface area (Å²) in [5.74, 6) is -1.97. The van der Waals surface area contributed by atoms with Crippen LogP contribution in [0.2, 0.25) is 0 Å². The van der Waals surface area contributed by atoms with Crippen LogP contribution in [0.15, 0.2) is 0 Å². The second-order valence-electron chi connectivity index (χ2n) is 5.10. The Labute approximate surface area is 111 Å². The van der Waals surface area contributed by atoms with Crippen molar-refractivity contribution in [1.29, 1.82) is 0 Å². The van der Waals surface area contributed by atoms with E-state index in [2.05, 4.69) is 10.6 Å². The van der Waals surface area contributed by atoms with Crippen LogP contribution in [-0.4, -0.2) is 40.5 Å². The van der Waals surface area contributed by atoms with E-state index in [0.717, 1.165) is 12.8 Å². The lowest BCUT2D eigenvalue weighted by molar-refractivity contribution is -0.147. The number of carbonyl (C=O) groups excluding carboxylic acids is 2. The molecule has 0 aliphatic heterocycles. The zero-order valence-corrected chi connectivity index (χ0v) is 11.2. The number of nitrogens with two attached hydrogens (primary N) is 1. The van der Waals surface area contributed by atoms with E-state index in [9.17, 15) is 19.5 Å². The Hall–Kier alpha value is -1.63. The van der Waals surface area contributed by atoms with Crippen molar-refractivity contribution in [2.24, 2.45) is 5.73 Å². The van der Waals surface area contributed by atoms with E-state index in [-0.39, 0.29) is 0 Å². The maximum Gasteiger partial charge on any atom is 0.329 e. The van der Waals surface area contributed by atoms with Crippen LogP contribution in [0.1, 0.15) is 39.5 Å². The Morgan fingerprint density at radius 3 is 2.11 bits per heavy atom. The average molecular weight is 271 g/mol. The molecule has 108 valence electrons. The molecule has 0 aromatic carbocycles. The van der Waals surface area contributed by atoms with Gasteiger partial charge in [-0.05, 0) is 26.7 Å². The van der Waals surface area contributed by atoms with Crippen molar-refractivity contribution in [3.63, 3.8) is 0 Å². The Morgan fingerprint density at radius 1 is 1.16 bits per heavy atom. The SMILES string of the molecule is CC(N)C(=O)NC(C)C(=O)NC1(C(=O)O)CCCC1. The molecule has 0 radical (unpaired) electrons. The molecule has 19 heavy (non-hydrogen) atoms. The van der Waals surface area contributed by atoms with E-state index in [1.165, 1.54) is 13.8 Å². The summed E-state index contributed by atoms with van der Waals surface area (Å²) >= 11 is 0. The van der Waals surface area contributed by atoms with Gasteiger partial charge in [-0.3, -0.25) is 9.59 Å². The molecule has 7 heteroatoms. The van der Waals surface area contributed by atoms with Gasteiger partial charge < -0.3 is 21.5 Å². The van der Waals surface area contributed by atoms with Crippen molar-refractivity contribution in [1.82, 2.24) is 10.6 Å². The Morgan fingerprint density at radius 2 is 1.68 bits per heavy atom.